The van der Waals surface area contributed by atoms with Crippen molar-refractivity contribution in [1.29, 1.82) is 0 Å². The van der Waals surface area contributed by atoms with Gasteiger partial charge >= 0.3 is 0 Å². The first-order valence-corrected chi connectivity index (χ1v) is 9.25. The lowest BCUT2D eigenvalue weighted by Crippen LogP contribution is -2.02. The predicted molar refractivity (Wildman–Crippen MR) is 99.1 cm³/mol. The Morgan fingerprint density at radius 3 is 2.58 bits per heavy atom. The van der Waals surface area contributed by atoms with Gasteiger partial charge < -0.3 is 10.1 Å². The smallest absolute Gasteiger partial charge is 0.145 e. The average Bonchev–Trinajstić information content (AvgIpc) is 2.59. The van der Waals surface area contributed by atoms with Gasteiger partial charge in [-0.1, -0.05) is 24.3 Å². The molecule has 0 aliphatic carbocycles. The second-order valence-corrected chi connectivity index (χ2v) is 7.00. The molecule has 2 aromatic carbocycles. The molecule has 0 amide bonds. The maximum atomic E-state index is 11.5. The number of hydrogen-bond acceptors (Lipinski definition) is 4. The highest BCUT2D eigenvalue weighted by molar-refractivity contribution is 7.84. The fourth-order valence-corrected chi connectivity index (χ4v) is 3.18. The van der Waals surface area contributed by atoms with E-state index >= 15 is 0 Å². The van der Waals surface area contributed by atoms with Crippen LogP contribution in [0.5, 0.6) is 5.75 Å². The third-order valence-electron chi connectivity index (χ3n) is 3.89. The molecule has 1 atom stereocenters. The molecule has 1 aromatic heterocycles. The summed E-state index contributed by atoms with van der Waals surface area (Å²) in [6.45, 7) is 2.66. The number of fused-ring (bicyclic) bond motifs is 1. The Morgan fingerprint density at radius 1 is 1.17 bits per heavy atom. The molecule has 1 N–H and O–H groups in total. The number of hydrogen-bond donors (Lipinski definition) is 1. The van der Waals surface area contributed by atoms with Gasteiger partial charge in [-0.05, 0) is 36.8 Å². The van der Waals surface area contributed by atoms with E-state index in [9.17, 15) is 4.21 Å². The first-order chi connectivity index (χ1) is 11.6. The molecular formula is C19H20N2O2S. The van der Waals surface area contributed by atoms with Crippen molar-refractivity contribution in [2.45, 2.75) is 18.4 Å². The topological polar surface area (TPSA) is 51.2 Å². The Bertz CT molecular complexity index is 892. The summed E-state index contributed by atoms with van der Waals surface area (Å²) in [4.78, 5) is 5.44. The summed E-state index contributed by atoms with van der Waals surface area (Å²) in [6.07, 6.45) is 1.69. The number of rotatable bonds is 5. The van der Waals surface area contributed by atoms with Crippen molar-refractivity contribution in [2.24, 2.45) is 0 Å². The van der Waals surface area contributed by atoms with Gasteiger partial charge in [-0.2, -0.15) is 0 Å². The Kier molecular flexibility index (Phi) is 4.81. The van der Waals surface area contributed by atoms with Crippen LogP contribution in [0.2, 0.25) is 0 Å². The van der Waals surface area contributed by atoms with Crippen molar-refractivity contribution in [3.63, 3.8) is 0 Å². The van der Waals surface area contributed by atoms with Crippen LogP contribution in [0.3, 0.4) is 0 Å². The lowest BCUT2D eigenvalue weighted by molar-refractivity contribution is 0.419. The van der Waals surface area contributed by atoms with Gasteiger partial charge in [0.05, 0.1) is 7.11 Å². The summed E-state index contributed by atoms with van der Waals surface area (Å²) in [7, 11) is 0.713. The van der Waals surface area contributed by atoms with Gasteiger partial charge in [-0.25, -0.2) is 4.98 Å². The molecule has 1 heterocycles. The highest BCUT2D eigenvalue weighted by Gasteiger charge is 2.08. The Balaban J connectivity index is 1.88. The number of para-hydroxylation sites is 1. The van der Waals surface area contributed by atoms with Crippen LogP contribution in [-0.4, -0.2) is 22.6 Å². The molecule has 3 rings (SSSR count). The summed E-state index contributed by atoms with van der Waals surface area (Å²) in [5, 5.41) is 4.51. The lowest BCUT2D eigenvalue weighted by atomic mass is 10.1. The van der Waals surface area contributed by atoms with Crippen LogP contribution in [0, 0.1) is 6.92 Å². The number of anilines is 1. The summed E-state index contributed by atoms with van der Waals surface area (Å²) < 4.78 is 16.9. The van der Waals surface area contributed by atoms with E-state index in [0.29, 0.717) is 6.54 Å². The summed E-state index contributed by atoms with van der Waals surface area (Å²) >= 11 is 0. The highest BCUT2D eigenvalue weighted by atomic mass is 32.2. The zero-order chi connectivity index (χ0) is 17.1. The summed E-state index contributed by atoms with van der Waals surface area (Å²) in [6, 6.07) is 15.8. The number of aryl methyl sites for hydroxylation is 1. The van der Waals surface area contributed by atoms with E-state index < -0.39 is 10.8 Å². The van der Waals surface area contributed by atoms with Crippen LogP contribution in [0.4, 0.5) is 5.69 Å². The Morgan fingerprint density at radius 2 is 1.92 bits per heavy atom. The van der Waals surface area contributed by atoms with Crippen LogP contribution in [0.15, 0.2) is 53.4 Å². The van der Waals surface area contributed by atoms with E-state index in [1.165, 1.54) is 0 Å². The van der Waals surface area contributed by atoms with Crippen molar-refractivity contribution < 1.29 is 8.95 Å². The average molecular weight is 340 g/mol. The second-order valence-electron chi connectivity index (χ2n) is 5.62. The largest absolute Gasteiger partial charge is 0.494 e. The van der Waals surface area contributed by atoms with Gasteiger partial charge in [0.25, 0.3) is 0 Å². The number of pyridine rings is 1. The third-order valence-corrected chi connectivity index (χ3v) is 4.82. The number of aromatic nitrogens is 1. The number of ether oxygens (including phenoxy) is 1. The molecule has 4 nitrogen and oxygen atoms in total. The van der Waals surface area contributed by atoms with Crippen LogP contribution >= 0.6 is 0 Å². The minimum atomic E-state index is -0.945. The fraction of sp³-hybridized carbons (Fsp3) is 0.211. The molecule has 0 aliphatic heterocycles. The van der Waals surface area contributed by atoms with Gasteiger partial charge in [0.15, 0.2) is 0 Å². The molecule has 24 heavy (non-hydrogen) atoms. The molecule has 0 saturated heterocycles. The molecule has 124 valence electrons. The lowest BCUT2D eigenvalue weighted by Gasteiger charge is -2.13. The van der Waals surface area contributed by atoms with Crippen molar-refractivity contribution in [1.82, 2.24) is 4.98 Å². The number of nitrogens with zero attached hydrogens (tertiary/aromatic N) is 1. The first kappa shape index (κ1) is 16.5. The van der Waals surface area contributed by atoms with E-state index in [0.717, 1.165) is 38.5 Å². The number of nitrogens with one attached hydrogen (secondary N) is 1. The molecule has 0 fully saturated rings. The number of benzene rings is 2. The van der Waals surface area contributed by atoms with Crippen LogP contribution in [0.25, 0.3) is 10.9 Å². The molecule has 0 bridgehead atoms. The van der Waals surface area contributed by atoms with Gasteiger partial charge in [0.2, 0.25) is 0 Å². The van der Waals surface area contributed by atoms with E-state index in [1.54, 1.807) is 13.4 Å². The van der Waals surface area contributed by atoms with Crippen LogP contribution in [0.1, 0.15) is 11.3 Å². The number of methoxy groups -OCH3 is 1. The first-order valence-electron chi connectivity index (χ1n) is 7.69. The van der Waals surface area contributed by atoms with Gasteiger partial charge in [0, 0.05) is 45.3 Å². The zero-order valence-corrected chi connectivity index (χ0v) is 14.8. The molecule has 0 aliphatic rings. The summed E-state index contributed by atoms with van der Waals surface area (Å²) in [5.41, 5.74) is 3.96. The fourth-order valence-electron chi connectivity index (χ4n) is 2.66. The van der Waals surface area contributed by atoms with Crippen molar-refractivity contribution >= 4 is 27.4 Å². The molecule has 0 spiro atoms. The molecule has 3 aromatic rings. The minimum absolute atomic E-state index is 0.687. The third kappa shape index (κ3) is 3.41. The molecule has 1 unspecified atom stereocenters. The zero-order valence-electron chi connectivity index (χ0n) is 14.0. The van der Waals surface area contributed by atoms with E-state index in [4.69, 9.17) is 4.74 Å². The highest BCUT2D eigenvalue weighted by Crippen LogP contribution is 2.30. The van der Waals surface area contributed by atoms with Crippen molar-refractivity contribution in [3.05, 3.63) is 59.8 Å². The van der Waals surface area contributed by atoms with Crippen LogP contribution in [-0.2, 0) is 17.3 Å². The van der Waals surface area contributed by atoms with Gasteiger partial charge in [-0.3, -0.25) is 4.21 Å². The minimum Gasteiger partial charge on any atom is -0.494 e. The van der Waals surface area contributed by atoms with Crippen molar-refractivity contribution in [3.8, 4) is 5.75 Å². The van der Waals surface area contributed by atoms with E-state index in [2.05, 4.69) is 10.3 Å². The molecule has 0 radical (unpaired) electrons. The van der Waals surface area contributed by atoms with Crippen molar-refractivity contribution in [2.75, 3.05) is 18.7 Å². The maximum Gasteiger partial charge on any atom is 0.145 e. The Hall–Kier alpha value is -2.40. The van der Waals surface area contributed by atoms with E-state index in [-0.39, 0.29) is 0 Å². The molecule has 5 heteroatoms. The predicted octanol–water partition coefficient (Wildman–Crippen LogP) is 3.90. The summed E-state index contributed by atoms with van der Waals surface area (Å²) in [5.74, 6) is 0.772. The molecular weight excluding hydrogens is 320 g/mol. The standard InChI is InChI=1S/C19H20N2O2S/c1-13-11-17(16-5-4-6-18(23-2)19(16)21-13)20-12-14-7-9-15(10-8-14)24(3)22/h4-11H,12H2,1-3H3,(H,20,21). The second kappa shape index (κ2) is 7.01. The quantitative estimate of drug-likeness (QED) is 0.765. The normalized spacial score (nSPS) is 12.1. The van der Waals surface area contributed by atoms with Gasteiger partial charge in [-0.15, -0.1) is 0 Å². The van der Waals surface area contributed by atoms with Crippen LogP contribution < -0.4 is 10.1 Å². The van der Waals surface area contributed by atoms with Gasteiger partial charge in [0.1, 0.15) is 11.3 Å². The van der Waals surface area contributed by atoms with E-state index in [1.807, 2.05) is 55.5 Å². The maximum absolute atomic E-state index is 11.5. The molecule has 0 saturated carbocycles. The monoisotopic (exact) mass is 340 g/mol. The Labute approximate surface area is 144 Å². The SMILES string of the molecule is COc1cccc2c(NCc3ccc(S(C)=O)cc3)cc(C)nc12.